The van der Waals surface area contributed by atoms with Gasteiger partial charge < -0.3 is 20.1 Å². The number of benzene rings is 1. The summed E-state index contributed by atoms with van der Waals surface area (Å²) in [5.41, 5.74) is 0.460. The average Bonchev–Trinajstić information content (AvgIpc) is 3.32. The van der Waals surface area contributed by atoms with Gasteiger partial charge in [0.05, 0.1) is 12.1 Å². The molecule has 2 aromatic rings. The third-order valence-electron chi connectivity index (χ3n) is 6.21. The van der Waals surface area contributed by atoms with E-state index >= 15 is 0 Å². The van der Waals surface area contributed by atoms with Crippen molar-refractivity contribution in [1.29, 1.82) is 0 Å². The van der Waals surface area contributed by atoms with Gasteiger partial charge in [0, 0.05) is 52.8 Å². The van der Waals surface area contributed by atoms with Crippen LogP contribution in [-0.2, 0) is 11.8 Å². The number of carbonyl (C=O) groups excluding carboxylic acids is 2. The molecule has 9 heteroatoms. The largest absolute Gasteiger partial charge is 0.488 e. The molecule has 4 rings (SSSR count). The molecule has 2 N–H and O–H groups in total. The molecule has 4 atom stereocenters. The first-order valence-electron chi connectivity index (χ1n) is 10.6. The van der Waals surface area contributed by atoms with E-state index in [1.165, 1.54) is 4.68 Å². The molecule has 0 unspecified atom stereocenters. The summed E-state index contributed by atoms with van der Waals surface area (Å²) in [5, 5.41) is 18.3. The maximum absolute atomic E-state index is 12.9. The maximum Gasteiger partial charge on any atom is 0.269 e. The number of aromatic nitrogens is 2. The van der Waals surface area contributed by atoms with Crippen molar-refractivity contribution < 1.29 is 19.4 Å². The summed E-state index contributed by atoms with van der Waals surface area (Å²) in [5.74, 6) is 0.508. The van der Waals surface area contributed by atoms with E-state index in [1.54, 1.807) is 31.1 Å². The number of piperazine rings is 1. The molecule has 1 aliphatic heterocycles. The predicted octanol–water partition coefficient (Wildman–Crippen LogP) is 0.263. The van der Waals surface area contributed by atoms with Crippen molar-refractivity contribution in [2.75, 3.05) is 26.2 Å². The molecule has 0 spiro atoms. The second kappa shape index (κ2) is 9.07. The van der Waals surface area contributed by atoms with Crippen molar-refractivity contribution in [3.05, 3.63) is 48.3 Å². The zero-order valence-electron chi connectivity index (χ0n) is 17.8. The zero-order valence-corrected chi connectivity index (χ0v) is 17.8. The van der Waals surface area contributed by atoms with Gasteiger partial charge in [-0.2, -0.15) is 5.10 Å². The van der Waals surface area contributed by atoms with Crippen LogP contribution in [0, 0.1) is 0 Å². The number of ether oxygens (including phenoxy) is 1. The molecule has 2 heterocycles. The van der Waals surface area contributed by atoms with Crippen molar-refractivity contribution in [3.8, 4) is 5.75 Å². The number of para-hydroxylation sites is 1. The number of rotatable bonds is 5. The summed E-state index contributed by atoms with van der Waals surface area (Å²) in [6.45, 7) is 4.05. The standard InChI is InChI=1S/C22H29N5O4/c1-15(28)26-10-12-27(13-11-26)20-17(24-22(30)18-8-9-23-25(18)2)14-19(21(20)29)31-16-6-4-3-5-7-16/h3-9,17,19-21,29H,10-14H2,1-2H3,(H,24,30)/t17-,19-,20+,21+/m1/s1. The highest BCUT2D eigenvalue weighted by molar-refractivity contribution is 5.92. The monoisotopic (exact) mass is 427 g/mol. The molecule has 1 saturated heterocycles. The van der Waals surface area contributed by atoms with Crippen LogP contribution in [0.5, 0.6) is 5.75 Å². The lowest BCUT2D eigenvalue weighted by Gasteiger charge is -2.41. The fraction of sp³-hybridized carbons (Fsp3) is 0.500. The van der Waals surface area contributed by atoms with Gasteiger partial charge in [0.25, 0.3) is 5.91 Å². The Kier molecular flexibility index (Phi) is 6.24. The van der Waals surface area contributed by atoms with Gasteiger partial charge in [-0.15, -0.1) is 0 Å². The lowest BCUT2D eigenvalue weighted by Crippen LogP contribution is -2.59. The number of aliphatic hydroxyl groups is 1. The Bertz CT molecular complexity index is 910. The topological polar surface area (TPSA) is 99.9 Å². The van der Waals surface area contributed by atoms with Gasteiger partial charge in [0.2, 0.25) is 5.91 Å². The molecule has 1 aromatic heterocycles. The Morgan fingerprint density at radius 2 is 1.84 bits per heavy atom. The van der Waals surface area contributed by atoms with Crippen LogP contribution >= 0.6 is 0 Å². The number of hydrogen-bond donors (Lipinski definition) is 2. The molecule has 9 nitrogen and oxygen atoms in total. The van der Waals surface area contributed by atoms with Gasteiger partial charge in [-0.05, 0) is 18.2 Å². The summed E-state index contributed by atoms with van der Waals surface area (Å²) in [6, 6.07) is 10.5. The van der Waals surface area contributed by atoms with Gasteiger partial charge in [0.1, 0.15) is 23.7 Å². The fourth-order valence-corrected chi connectivity index (χ4v) is 4.57. The van der Waals surface area contributed by atoms with Crippen LogP contribution in [0.25, 0.3) is 0 Å². The smallest absolute Gasteiger partial charge is 0.269 e. The van der Waals surface area contributed by atoms with E-state index in [-0.39, 0.29) is 23.9 Å². The summed E-state index contributed by atoms with van der Waals surface area (Å²) in [7, 11) is 1.72. The second-order valence-corrected chi connectivity index (χ2v) is 8.15. The Balaban J connectivity index is 1.51. The fourth-order valence-electron chi connectivity index (χ4n) is 4.57. The molecule has 1 aromatic carbocycles. The first-order valence-corrected chi connectivity index (χ1v) is 10.6. The highest BCUT2D eigenvalue weighted by atomic mass is 16.5. The second-order valence-electron chi connectivity index (χ2n) is 8.15. The van der Waals surface area contributed by atoms with Crippen LogP contribution < -0.4 is 10.1 Å². The van der Waals surface area contributed by atoms with Crippen LogP contribution in [0.1, 0.15) is 23.8 Å². The Morgan fingerprint density at radius 3 is 2.45 bits per heavy atom. The third-order valence-corrected chi connectivity index (χ3v) is 6.21. The van der Waals surface area contributed by atoms with Gasteiger partial charge in [-0.1, -0.05) is 18.2 Å². The summed E-state index contributed by atoms with van der Waals surface area (Å²) >= 11 is 0. The molecular weight excluding hydrogens is 398 g/mol. The molecule has 2 fully saturated rings. The molecular formula is C22H29N5O4. The highest BCUT2D eigenvalue weighted by Crippen LogP contribution is 2.30. The number of carbonyl (C=O) groups is 2. The minimum absolute atomic E-state index is 0.0537. The minimum Gasteiger partial charge on any atom is -0.488 e. The van der Waals surface area contributed by atoms with Crippen molar-refractivity contribution in [1.82, 2.24) is 24.9 Å². The first-order chi connectivity index (χ1) is 14.9. The van der Waals surface area contributed by atoms with Crippen molar-refractivity contribution in [3.63, 3.8) is 0 Å². The van der Waals surface area contributed by atoms with E-state index in [2.05, 4.69) is 15.3 Å². The molecule has 31 heavy (non-hydrogen) atoms. The van der Waals surface area contributed by atoms with Crippen LogP contribution in [0.2, 0.25) is 0 Å². The van der Waals surface area contributed by atoms with Crippen molar-refractivity contribution >= 4 is 11.8 Å². The average molecular weight is 428 g/mol. The van der Waals surface area contributed by atoms with Gasteiger partial charge in [0.15, 0.2) is 0 Å². The van der Waals surface area contributed by atoms with E-state index in [4.69, 9.17) is 4.74 Å². The SMILES string of the molecule is CC(=O)N1CCN([C@@H]2[C@@H](O)[C@H](Oc3ccccc3)C[C@H]2NC(=O)c2ccnn2C)CC1. The van der Waals surface area contributed by atoms with Gasteiger partial charge in [-0.25, -0.2) is 0 Å². The number of amides is 2. The number of aliphatic hydroxyl groups excluding tert-OH is 1. The van der Waals surface area contributed by atoms with E-state index in [0.29, 0.717) is 44.0 Å². The first kappa shape index (κ1) is 21.3. The normalized spacial score (nSPS) is 26.6. The Labute approximate surface area is 181 Å². The predicted molar refractivity (Wildman–Crippen MR) is 114 cm³/mol. The van der Waals surface area contributed by atoms with Crippen LogP contribution in [0.3, 0.4) is 0 Å². The minimum atomic E-state index is -0.777. The van der Waals surface area contributed by atoms with Gasteiger partial charge >= 0.3 is 0 Å². The van der Waals surface area contributed by atoms with E-state index in [1.807, 2.05) is 30.3 Å². The maximum atomic E-state index is 12.9. The number of hydrogen-bond acceptors (Lipinski definition) is 6. The molecule has 0 radical (unpaired) electrons. The molecule has 2 aliphatic rings. The van der Waals surface area contributed by atoms with Crippen molar-refractivity contribution in [2.24, 2.45) is 7.05 Å². The molecule has 1 aliphatic carbocycles. The lowest BCUT2D eigenvalue weighted by molar-refractivity contribution is -0.131. The molecule has 1 saturated carbocycles. The Hall–Kier alpha value is -2.91. The van der Waals surface area contributed by atoms with Crippen LogP contribution in [-0.4, -0.2) is 87.0 Å². The van der Waals surface area contributed by atoms with Crippen molar-refractivity contribution in [2.45, 2.75) is 37.6 Å². The summed E-state index contributed by atoms with van der Waals surface area (Å²) in [6.07, 6.45) is 0.839. The molecule has 2 amide bonds. The number of nitrogens with zero attached hydrogens (tertiary/aromatic N) is 4. The highest BCUT2D eigenvalue weighted by Gasteiger charge is 2.48. The lowest BCUT2D eigenvalue weighted by atomic mass is 10.1. The number of aryl methyl sites for hydroxylation is 1. The van der Waals surface area contributed by atoms with Crippen LogP contribution in [0.4, 0.5) is 0 Å². The Morgan fingerprint density at radius 1 is 1.13 bits per heavy atom. The number of nitrogens with one attached hydrogen (secondary N) is 1. The quantitative estimate of drug-likeness (QED) is 0.710. The van der Waals surface area contributed by atoms with E-state index < -0.39 is 12.2 Å². The zero-order chi connectivity index (χ0) is 22.0. The molecule has 166 valence electrons. The summed E-state index contributed by atoms with van der Waals surface area (Å²) in [4.78, 5) is 28.5. The van der Waals surface area contributed by atoms with Crippen LogP contribution in [0.15, 0.2) is 42.6 Å². The summed E-state index contributed by atoms with van der Waals surface area (Å²) < 4.78 is 7.61. The third kappa shape index (κ3) is 4.57. The molecule has 0 bridgehead atoms. The van der Waals surface area contributed by atoms with Gasteiger partial charge in [-0.3, -0.25) is 19.2 Å². The van der Waals surface area contributed by atoms with E-state index in [0.717, 1.165) is 0 Å². The van der Waals surface area contributed by atoms with E-state index in [9.17, 15) is 14.7 Å².